The van der Waals surface area contributed by atoms with E-state index in [9.17, 15) is 24.3 Å². The van der Waals surface area contributed by atoms with E-state index in [2.05, 4.69) is 10.5 Å². The standard InChI is InChI=1S/C41H44N4O8/c1-5-41(51)32-20-34-38-27(23-45(34)39(50)29(32)14-17-36(41)48)19-30-31(22-43-53-40(2,3)4)35(16-15-33(30)44-38)52-37(49)7-6-18-42-21-26-10-8-25(9-11-26)12-13-28(47)24-46/h8-13,15-16,19-20,22,42,46,51H,5-7,14,17-18,21,23-24H2,1-4H3/b13-12+,43-22-/t41-/m0/s1. The summed E-state index contributed by atoms with van der Waals surface area (Å²) in [5.74, 6) is -0.759. The first-order valence-corrected chi connectivity index (χ1v) is 17.8. The summed E-state index contributed by atoms with van der Waals surface area (Å²) < 4.78 is 7.52. The van der Waals surface area contributed by atoms with E-state index in [1.165, 1.54) is 12.3 Å². The summed E-state index contributed by atoms with van der Waals surface area (Å²) in [6.45, 7) is 8.27. The second kappa shape index (κ2) is 15.4. The van der Waals surface area contributed by atoms with Gasteiger partial charge in [-0.15, -0.1) is 0 Å². The summed E-state index contributed by atoms with van der Waals surface area (Å²) in [7, 11) is 0. The second-order valence-corrected chi connectivity index (χ2v) is 14.4. The van der Waals surface area contributed by atoms with E-state index in [-0.39, 0.29) is 49.4 Å². The van der Waals surface area contributed by atoms with Gasteiger partial charge >= 0.3 is 5.97 Å². The Hall–Kier alpha value is -5.30. The summed E-state index contributed by atoms with van der Waals surface area (Å²) in [5, 5.41) is 28.4. The van der Waals surface area contributed by atoms with Gasteiger partial charge in [0.05, 0.1) is 29.7 Å². The molecule has 0 bridgehead atoms. The Labute approximate surface area is 307 Å². The van der Waals surface area contributed by atoms with Crippen LogP contribution in [0.4, 0.5) is 0 Å². The molecular weight excluding hydrogens is 676 g/mol. The lowest BCUT2D eigenvalue weighted by Crippen LogP contribution is -2.43. The van der Waals surface area contributed by atoms with Crippen LogP contribution in [0.3, 0.4) is 0 Å². The molecule has 12 nitrogen and oxygen atoms in total. The van der Waals surface area contributed by atoms with E-state index < -0.39 is 23.8 Å². The summed E-state index contributed by atoms with van der Waals surface area (Å²) >= 11 is 0. The molecule has 0 radical (unpaired) electrons. The van der Waals surface area contributed by atoms with Crippen LogP contribution in [0.5, 0.6) is 5.75 Å². The molecule has 1 aliphatic carbocycles. The maximum absolute atomic E-state index is 13.7. The molecule has 4 aromatic rings. The smallest absolute Gasteiger partial charge is 0.311 e. The third-order valence-electron chi connectivity index (χ3n) is 9.46. The molecule has 6 rings (SSSR count). The molecule has 0 saturated carbocycles. The van der Waals surface area contributed by atoms with E-state index >= 15 is 0 Å². The number of nitrogens with zero attached hydrogens (tertiary/aromatic N) is 3. The SMILES string of the molecule is CC[C@@]1(O)C(=O)CCc2c1cc1n(c2=O)Cc2cc3c(/C=N\OC(C)(C)C)c(OC(=O)CCCNCc4ccc(/C=C/C(=O)CO)cc4)ccc3nc2-1. The Kier molecular flexibility index (Phi) is 10.9. The van der Waals surface area contributed by atoms with Gasteiger partial charge in [-0.3, -0.25) is 19.2 Å². The van der Waals surface area contributed by atoms with Crippen LogP contribution in [0.25, 0.3) is 28.4 Å². The number of hydrogen-bond acceptors (Lipinski definition) is 11. The van der Waals surface area contributed by atoms with Crippen LogP contribution in [-0.2, 0) is 44.3 Å². The van der Waals surface area contributed by atoms with Crippen molar-refractivity contribution in [1.29, 1.82) is 0 Å². The van der Waals surface area contributed by atoms with E-state index in [0.29, 0.717) is 64.2 Å². The topological polar surface area (TPSA) is 169 Å². The van der Waals surface area contributed by atoms with Gasteiger partial charge in [0.1, 0.15) is 23.6 Å². The highest BCUT2D eigenvalue weighted by Gasteiger charge is 2.43. The Bertz CT molecular complexity index is 2200. The number of ether oxygens (including phenoxy) is 1. The van der Waals surface area contributed by atoms with Crippen molar-refractivity contribution >= 4 is 40.7 Å². The number of aliphatic hydroxyl groups is 2. The third-order valence-corrected chi connectivity index (χ3v) is 9.46. The van der Waals surface area contributed by atoms with Gasteiger partial charge in [-0.05, 0) is 88.0 Å². The predicted molar refractivity (Wildman–Crippen MR) is 201 cm³/mol. The molecule has 2 aliphatic rings. The van der Waals surface area contributed by atoms with Crippen LogP contribution in [0.15, 0.2) is 64.6 Å². The first-order valence-electron chi connectivity index (χ1n) is 17.8. The highest BCUT2D eigenvalue weighted by Crippen LogP contribution is 2.40. The minimum atomic E-state index is -1.70. The van der Waals surface area contributed by atoms with Crippen molar-refractivity contribution in [1.82, 2.24) is 14.9 Å². The van der Waals surface area contributed by atoms with Crippen LogP contribution in [0, 0.1) is 0 Å². The van der Waals surface area contributed by atoms with Crippen molar-refractivity contribution in [3.05, 3.63) is 98.3 Å². The highest BCUT2D eigenvalue weighted by molar-refractivity contribution is 6.03. The third kappa shape index (κ3) is 8.04. The number of esters is 1. The van der Waals surface area contributed by atoms with Crippen LogP contribution in [0.1, 0.15) is 86.8 Å². The first kappa shape index (κ1) is 37.5. The maximum atomic E-state index is 13.7. The monoisotopic (exact) mass is 720 g/mol. The Morgan fingerprint density at radius 2 is 1.87 bits per heavy atom. The number of fused-ring (bicyclic) bond motifs is 5. The number of carbonyl (C=O) groups excluding carboxylic acids is 3. The minimum absolute atomic E-state index is 0.115. The quantitative estimate of drug-likeness (QED) is 0.0386. The van der Waals surface area contributed by atoms with Crippen molar-refractivity contribution in [3.63, 3.8) is 0 Å². The summed E-state index contributed by atoms with van der Waals surface area (Å²) in [5.41, 5.74) is 3.20. The van der Waals surface area contributed by atoms with Crippen molar-refractivity contribution in [2.24, 2.45) is 5.16 Å². The number of Topliss-reactive ketones (excluding diaryl/α,β-unsaturated/α-hetero) is 1. The lowest BCUT2D eigenvalue weighted by molar-refractivity contribution is -0.140. The molecule has 0 saturated heterocycles. The fraction of sp³-hybridized carbons (Fsp3) is 0.366. The van der Waals surface area contributed by atoms with Crippen molar-refractivity contribution in [3.8, 4) is 17.1 Å². The van der Waals surface area contributed by atoms with Crippen LogP contribution >= 0.6 is 0 Å². The molecule has 0 fully saturated rings. The molecular formula is C41H44N4O8. The minimum Gasteiger partial charge on any atom is -0.426 e. The molecule has 276 valence electrons. The molecule has 2 aromatic carbocycles. The molecule has 1 atom stereocenters. The predicted octanol–water partition coefficient (Wildman–Crippen LogP) is 4.74. The molecule has 0 unspecified atom stereocenters. The van der Waals surface area contributed by atoms with Crippen LogP contribution in [0.2, 0.25) is 0 Å². The number of aliphatic hydroxyl groups excluding tert-OH is 1. The molecule has 0 spiro atoms. The Balaban J connectivity index is 1.19. The van der Waals surface area contributed by atoms with E-state index in [1.54, 1.807) is 35.8 Å². The van der Waals surface area contributed by atoms with Crippen molar-refractivity contribution in [2.75, 3.05) is 13.2 Å². The van der Waals surface area contributed by atoms with Gasteiger partial charge in [-0.25, -0.2) is 4.98 Å². The lowest BCUT2D eigenvalue weighted by Gasteiger charge is -2.32. The second-order valence-electron chi connectivity index (χ2n) is 14.4. The maximum Gasteiger partial charge on any atom is 0.311 e. The summed E-state index contributed by atoms with van der Waals surface area (Å²) in [4.78, 5) is 61.4. The zero-order valence-electron chi connectivity index (χ0n) is 30.4. The van der Waals surface area contributed by atoms with Crippen LogP contribution < -0.4 is 15.6 Å². The number of pyridine rings is 2. The van der Waals surface area contributed by atoms with Gasteiger partial charge in [0.2, 0.25) is 0 Å². The number of aromatic nitrogens is 2. The molecule has 2 aromatic heterocycles. The average Bonchev–Trinajstić information content (AvgIpc) is 3.49. The zero-order valence-corrected chi connectivity index (χ0v) is 30.4. The number of oxime groups is 1. The van der Waals surface area contributed by atoms with Crippen molar-refractivity contribution < 1.29 is 34.2 Å². The fourth-order valence-corrected chi connectivity index (χ4v) is 6.65. The largest absolute Gasteiger partial charge is 0.426 e. The van der Waals surface area contributed by atoms with Gasteiger partial charge in [-0.1, -0.05) is 42.4 Å². The number of carbonyl (C=O) groups is 3. The molecule has 12 heteroatoms. The summed E-state index contributed by atoms with van der Waals surface area (Å²) in [6, 6.07) is 14.7. The Morgan fingerprint density at radius 3 is 2.58 bits per heavy atom. The van der Waals surface area contributed by atoms with Gasteiger partial charge in [-0.2, -0.15) is 0 Å². The van der Waals surface area contributed by atoms with Crippen molar-refractivity contribution in [2.45, 2.75) is 84.1 Å². The molecule has 1 aliphatic heterocycles. The zero-order chi connectivity index (χ0) is 37.9. The number of benzene rings is 2. The van der Waals surface area contributed by atoms with Gasteiger partial charge < -0.3 is 29.7 Å². The first-order chi connectivity index (χ1) is 25.3. The number of hydrogen-bond donors (Lipinski definition) is 3. The summed E-state index contributed by atoms with van der Waals surface area (Å²) in [6.07, 6.45) is 5.78. The average molecular weight is 721 g/mol. The normalized spacial score (nSPS) is 16.6. The highest BCUT2D eigenvalue weighted by atomic mass is 16.6. The van der Waals surface area contributed by atoms with Gasteiger partial charge in [0.15, 0.2) is 11.6 Å². The molecule has 3 N–H and O–H groups in total. The number of ketones is 2. The molecule has 3 heterocycles. The lowest BCUT2D eigenvalue weighted by atomic mass is 9.77. The van der Waals surface area contributed by atoms with Gasteiger partial charge in [0.25, 0.3) is 5.56 Å². The van der Waals surface area contributed by atoms with Gasteiger partial charge in [0, 0.05) is 47.0 Å². The van der Waals surface area contributed by atoms with E-state index in [4.69, 9.17) is 19.7 Å². The Morgan fingerprint density at radius 1 is 1.09 bits per heavy atom. The van der Waals surface area contributed by atoms with E-state index in [0.717, 1.165) is 16.7 Å². The number of rotatable bonds is 13. The van der Waals surface area contributed by atoms with E-state index in [1.807, 2.05) is 51.1 Å². The molecule has 53 heavy (non-hydrogen) atoms. The van der Waals surface area contributed by atoms with Crippen LogP contribution in [-0.4, -0.2) is 62.3 Å². The molecule has 0 amide bonds. The number of nitrogens with one attached hydrogen (secondary N) is 1. The fourth-order valence-electron chi connectivity index (χ4n) is 6.65.